The first-order valence-corrected chi connectivity index (χ1v) is 7.85. The standard InChI is InChI=1S/C14H24BrN3O/c1-4-11-13(15)12(18(3)16-11)9-17(2)10-14(19)7-5-6-8-14/h19H,4-10H2,1-3H3. The summed E-state index contributed by atoms with van der Waals surface area (Å²) in [7, 11) is 4.05. The van der Waals surface area contributed by atoms with Crippen molar-refractivity contribution in [3.63, 3.8) is 0 Å². The average molecular weight is 330 g/mol. The third-order valence-electron chi connectivity index (χ3n) is 4.02. The Morgan fingerprint density at radius 1 is 1.42 bits per heavy atom. The maximum atomic E-state index is 10.5. The van der Waals surface area contributed by atoms with Gasteiger partial charge in [0.05, 0.1) is 21.5 Å². The molecular formula is C14H24BrN3O. The highest BCUT2D eigenvalue weighted by atomic mass is 79.9. The second-order valence-electron chi connectivity index (χ2n) is 5.79. The van der Waals surface area contributed by atoms with Crippen molar-refractivity contribution in [2.45, 2.75) is 51.2 Å². The molecule has 1 aliphatic carbocycles. The molecule has 5 heteroatoms. The fourth-order valence-corrected chi connectivity index (χ4v) is 3.74. The molecule has 0 atom stereocenters. The fraction of sp³-hybridized carbons (Fsp3) is 0.786. The van der Waals surface area contributed by atoms with Crippen LogP contribution in [0.3, 0.4) is 0 Å². The van der Waals surface area contributed by atoms with Crippen molar-refractivity contribution in [2.24, 2.45) is 7.05 Å². The average Bonchev–Trinajstić information content (AvgIpc) is 2.87. The van der Waals surface area contributed by atoms with E-state index in [1.54, 1.807) is 0 Å². The summed E-state index contributed by atoms with van der Waals surface area (Å²) in [6.45, 7) is 3.67. The van der Waals surface area contributed by atoms with E-state index in [0.29, 0.717) is 0 Å². The van der Waals surface area contributed by atoms with Crippen LogP contribution < -0.4 is 0 Å². The molecule has 1 fully saturated rings. The zero-order chi connectivity index (χ0) is 14.0. The summed E-state index contributed by atoms with van der Waals surface area (Å²) in [6, 6.07) is 0. The Labute approximate surface area is 123 Å². The molecule has 19 heavy (non-hydrogen) atoms. The van der Waals surface area contributed by atoms with E-state index in [0.717, 1.165) is 55.4 Å². The van der Waals surface area contributed by atoms with Crippen LogP contribution in [0.25, 0.3) is 0 Å². The highest BCUT2D eigenvalue weighted by molar-refractivity contribution is 9.10. The molecular weight excluding hydrogens is 306 g/mol. The normalized spacial score (nSPS) is 18.4. The smallest absolute Gasteiger partial charge is 0.0774 e. The molecule has 0 aromatic carbocycles. The highest BCUT2D eigenvalue weighted by Crippen LogP contribution is 2.30. The van der Waals surface area contributed by atoms with Crippen LogP contribution in [0.5, 0.6) is 0 Å². The van der Waals surface area contributed by atoms with E-state index in [-0.39, 0.29) is 0 Å². The predicted molar refractivity (Wildman–Crippen MR) is 80.0 cm³/mol. The number of likely N-dealkylation sites (N-methyl/N-ethyl adjacent to an activating group) is 1. The summed E-state index contributed by atoms with van der Waals surface area (Å²) < 4.78 is 3.06. The van der Waals surface area contributed by atoms with Crippen molar-refractivity contribution in [3.8, 4) is 0 Å². The molecule has 1 N–H and O–H groups in total. The number of aliphatic hydroxyl groups is 1. The first-order valence-electron chi connectivity index (χ1n) is 7.06. The van der Waals surface area contributed by atoms with Gasteiger partial charge >= 0.3 is 0 Å². The number of hydrogen-bond donors (Lipinski definition) is 1. The minimum Gasteiger partial charge on any atom is -0.389 e. The third kappa shape index (κ3) is 3.38. The molecule has 0 bridgehead atoms. The van der Waals surface area contributed by atoms with Gasteiger partial charge in [-0.25, -0.2) is 0 Å². The SMILES string of the molecule is CCc1nn(C)c(CN(C)CC2(O)CCCC2)c1Br. The molecule has 0 radical (unpaired) electrons. The van der Waals surface area contributed by atoms with E-state index < -0.39 is 5.60 Å². The van der Waals surface area contributed by atoms with E-state index in [1.165, 1.54) is 5.69 Å². The van der Waals surface area contributed by atoms with Crippen LogP contribution in [0.1, 0.15) is 44.0 Å². The summed E-state index contributed by atoms with van der Waals surface area (Å²) in [5.74, 6) is 0. The summed E-state index contributed by atoms with van der Waals surface area (Å²) in [6.07, 6.45) is 5.11. The topological polar surface area (TPSA) is 41.3 Å². The van der Waals surface area contributed by atoms with Gasteiger partial charge in [-0.05, 0) is 42.2 Å². The van der Waals surface area contributed by atoms with E-state index >= 15 is 0 Å². The van der Waals surface area contributed by atoms with Crippen molar-refractivity contribution < 1.29 is 5.11 Å². The van der Waals surface area contributed by atoms with Crippen molar-refractivity contribution in [2.75, 3.05) is 13.6 Å². The quantitative estimate of drug-likeness (QED) is 0.902. The molecule has 0 aliphatic heterocycles. The minimum absolute atomic E-state index is 0.479. The Morgan fingerprint density at radius 3 is 2.58 bits per heavy atom. The lowest BCUT2D eigenvalue weighted by Crippen LogP contribution is -2.39. The molecule has 1 saturated carbocycles. The summed E-state index contributed by atoms with van der Waals surface area (Å²) >= 11 is 3.64. The summed E-state index contributed by atoms with van der Waals surface area (Å²) in [4.78, 5) is 2.20. The van der Waals surface area contributed by atoms with Gasteiger partial charge in [0.25, 0.3) is 0 Å². The lowest BCUT2D eigenvalue weighted by Gasteiger charge is -2.28. The Kier molecular flexibility index (Phi) is 4.69. The van der Waals surface area contributed by atoms with Gasteiger partial charge in [0.2, 0.25) is 0 Å². The number of halogens is 1. The van der Waals surface area contributed by atoms with Crippen LogP contribution in [0, 0.1) is 0 Å². The van der Waals surface area contributed by atoms with Gasteiger partial charge in [-0.1, -0.05) is 19.8 Å². The Balaban J connectivity index is 2.02. The zero-order valence-corrected chi connectivity index (χ0v) is 13.7. The van der Waals surface area contributed by atoms with Gasteiger partial charge < -0.3 is 5.11 Å². The molecule has 0 saturated heterocycles. The van der Waals surface area contributed by atoms with Gasteiger partial charge in [0.15, 0.2) is 0 Å². The number of hydrogen-bond acceptors (Lipinski definition) is 3. The van der Waals surface area contributed by atoms with Crippen LogP contribution in [-0.2, 0) is 20.0 Å². The predicted octanol–water partition coefficient (Wildman–Crippen LogP) is 2.48. The first kappa shape index (κ1) is 15.0. The van der Waals surface area contributed by atoms with Crippen LogP contribution in [0.2, 0.25) is 0 Å². The van der Waals surface area contributed by atoms with E-state index in [4.69, 9.17) is 0 Å². The van der Waals surface area contributed by atoms with Crippen molar-refractivity contribution in [1.82, 2.24) is 14.7 Å². The van der Waals surface area contributed by atoms with E-state index in [9.17, 15) is 5.11 Å². The van der Waals surface area contributed by atoms with Gasteiger partial charge in [-0.3, -0.25) is 9.58 Å². The number of rotatable bonds is 5. The second kappa shape index (κ2) is 5.94. The molecule has 1 heterocycles. The van der Waals surface area contributed by atoms with Crippen LogP contribution in [-0.4, -0.2) is 39.0 Å². The van der Waals surface area contributed by atoms with Crippen LogP contribution >= 0.6 is 15.9 Å². The molecule has 2 rings (SSSR count). The van der Waals surface area contributed by atoms with Gasteiger partial charge in [-0.2, -0.15) is 5.10 Å². The highest BCUT2D eigenvalue weighted by Gasteiger charge is 2.32. The fourth-order valence-electron chi connectivity index (χ4n) is 3.00. The van der Waals surface area contributed by atoms with E-state index in [2.05, 4.69) is 39.9 Å². The summed E-state index contributed by atoms with van der Waals surface area (Å²) in [5, 5.41) is 15.0. The van der Waals surface area contributed by atoms with Gasteiger partial charge in [-0.15, -0.1) is 0 Å². The van der Waals surface area contributed by atoms with Crippen molar-refractivity contribution in [3.05, 3.63) is 15.9 Å². The Hall–Kier alpha value is -0.390. The number of aryl methyl sites for hydroxylation is 2. The van der Waals surface area contributed by atoms with Crippen molar-refractivity contribution >= 4 is 15.9 Å². The lowest BCUT2D eigenvalue weighted by atomic mass is 10.0. The monoisotopic (exact) mass is 329 g/mol. The number of aromatic nitrogens is 2. The van der Waals surface area contributed by atoms with Crippen LogP contribution in [0.15, 0.2) is 4.47 Å². The third-order valence-corrected chi connectivity index (χ3v) is 4.94. The number of nitrogens with zero attached hydrogens (tertiary/aromatic N) is 3. The first-order chi connectivity index (χ1) is 8.95. The maximum Gasteiger partial charge on any atom is 0.0774 e. The van der Waals surface area contributed by atoms with Gasteiger partial charge in [0, 0.05) is 20.1 Å². The molecule has 4 nitrogen and oxygen atoms in total. The minimum atomic E-state index is -0.479. The lowest BCUT2D eigenvalue weighted by molar-refractivity contribution is 0.0140. The van der Waals surface area contributed by atoms with Crippen molar-refractivity contribution in [1.29, 1.82) is 0 Å². The summed E-state index contributed by atoms with van der Waals surface area (Å²) in [5.41, 5.74) is 1.80. The molecule has 1 aliphatic rings. The molecule has 0 amide bonds. The zero-order valence-electron chi connectivity index (χ0n) is 12.1. The molecule has 0 unspecified atom stereocenters. The van der Waals surface area contributed by atoms with Gasteiger partial charge in [0.1, 0.15) is 0 Å². The van der Waals surface area contributed by atoms with Crippen LogP contribution in [0.4, 0.5) is 0 Å². The maximum absolute atomic E-state index is 10.5. The Bertz CT molecular complexity index is 438. The second-order valence-corrected chi connectivity index (χ2v) is 6.58. The van der Waals surface area contributed by atoms with E-state index in [1.807, 2.05) is 11.7 Å². The molecule has 1 aromatic heterocycles. The molecule has 1 aromatic rings. The molecule has 0 spiro atoms. The largest absolute Gasteiger partial charge is 0.389 e. The molecule has 108 valence electrons. The Morgan fingerprint density at radius 2 is 2.05 bits per heavy atom.